The molecule has 14 rings (SSSR count). The van der Waals surface area contributed by atoms with Crippen molar-refractivity contribution in [1.29, 1.82) is 0 Å². The van der Waals surface area contributed by atoms with Crippen LogP contribution in [0.15, 0.2) is 146 Å². The van der Waals surface area contributed by atoms with Crippen molar-refractivity contribution in [3.05, 3.63) is 146 Å². The number of hydrogen-bond donors (Lipinski definition) is 2. The summed E-state index contributed by atoms with van der Waals surface area (Å²) < 4.78 is 0. The molecular weight excluding hydrogens is 689 g/mol. The van der Waals surface area contributed by atoms with Crippen molar-refractivity contribution in [2.75, 3.05) is 5.32 Å². The highest BCUT2D eigenvalue weighted by molar-refractivity contribution is 6.13. The first kappa shape index (κ1) is 29.6. The lowest BCUT2D eigenvalue weighted by Crippen LogP contribution is -1.92. The van der Waals surface area contributed by atoms with Gasteiger partial charge in [-0.1, -0.05) is 91.0 Å². The van der Waals surface area contributed by atoms with Crippen LogP contribution < -0.4 is 5.32 Å². The summed E-state index contributed by atoms with van der Waals surface area (Å²) in [5.41, 5.74) is 8.22. The average molecular weight is 715 g/mol. The first-order valence-corrected chi connectivity index (χ1v) is 18.6. The largest absolute Gasteiger partial charge is 0.339 e. The van der Waals surface area contributed by atoms with Crippen LogP contribution in [-0.4, -0.2) is 34.9 Å². The second kappa shape index (κ2) is 10.9. The van der Waals surface area contributed by atoms with E-state index in [0.717, 1.165) is 92.9 Å². The molecule has 6 aliphatic rings. The normalized spacial score (nSPS) is 12.4. The van der Waals surface area contributed by atoms with Crippen LogP contribution in [-0.2, 0) is 0 Å². The molecule has 258 valence electrons. The van der Waals surface area contributed by atoms with Crippen LogP contribution in [0.1, 0.15) is 0 Å². The summed E-state index contributed by atoms with van der Waals surface area (Å²) >= 11 is 0. The van der Waals surface area contributed by atoms with Crippen molar-refractivity contribution in [3.63, 3.8) is 0 Å². The monoisotopic (exact) mass is 714 g/mol. The fourth-order valence-corrected chi connectivity index (χ4v) is 8.65. The topological polar surface area (TPSA) is 105 Å². The van der Waals surface area contributed by atoms with Crippen molar-refractivity contribution in [1.82, 2.24) is 34.9 Å². The number of aromatic nitrogens is 7. The molecule has 2 aliphatic carbocycles. The molecule has 56 heavy (non-hydrogen) atoms. The lowest BCUT2D eigenvalue weighted by atomic mass is 10.0. The molecule has 0 radical (unpaired) electrons. The van der Waals surface area contributed by atoms with Crippen LogP contribution in [0.2, 0.25) is 0 Å². The summed E-state index contributed by atoms with van der Waals surface area (Å²) in [5.74, 6) is 3.06. The van der Waals surface area contributed by atoms with Gasteiger partial charge in [0.25, 0.3) is 0 Å². The zero-order valence-electron chi connectivity index (χ0n) is 29.5. The Bertz CT molecular complexity index is 3590. The summed E-state index contributed by atoms with van der Waals surface area (Å²) in [7, 11) is 0. The fraction of sp³-hybridized carbons (Fsp3) is 0. The molecule has 8 aromatic rings. The van der Waals surface area contributed by atoms with Gasteiger partial charge in [-0.2, -0.15) is 0 Å². The molecule has 12 bridgehead atoms. The van der Waals surface area contributed by atoms with Crippen molar-refractivity contribution < 1.29 is 0 Å². The Balaban J connectivity index is 1.23. The Morgan fingerprint density at radius 3 is 1.71 bits per heavy atom. The van der Waals surface area contributed by atoms with Gasteiger partial charge in [-0.05, 0) is 86.6 Å². The SMILES string of the molecule is c1ccc2cc3c(c-2cc1)-c1ncc2cc4c5cccc4cc2c(nc2nc(nc4[nH]c(nc-3n1)c1cc3ccccc3cc41)-c1cc3ccccc3cc1-2)N5. The number of hydrogen-bond acceptors (Lipinski definition) is 7. The maximum Gasteiger partial charge on any atom is 0.164 e. The molecule has 4 aliphatic heterocycles. The fourth-order valence-electron chi connectivity index (χ4n) is 8.65. The minimum Gasteiger partial charge on any atom is -0.339 e. The molecule has 0 amide bonds. The summed E-state index contributed by atoms with van der Waals surface area (Å²) in [6.07, 6.45) is 1.92. The van der Waals surface area contributed by atoms with E-state index in [1.54, 1.807) is 0 Å². The maximum atomic E-state index is 5.34. The van der Waals surface area contributed by atoms with Crippen LogP contribution >= 0.6 is 0 Å². The molecule has 6 aromatic carbocycles. The summed E-state index contributed by atoms with van der Waals surface area (Å²) in [5, 5.41) is 14.0. The van der Waals surface area contributed by atoms with E-state index in [1.807, 2.05) is 12.3 Å². The first-order valence-electron chi connectivity index (χ1n) is 18.6. The smallest absolute Gasteiger partial charge is 0.164 e. The van der Waals surface area contributed by atoms with Crippen LogP contribution in [0.4, 0.5) is 11.5 Å². The lowest BCUT2D eigenvalue weighted by Gasteiger charge is -2.05. The number of nitrogens with one attached hydrogen (secondary N) is 2. The second-order valence-corrected chi connectivity index (χ2v) is 14.6. The van der Waals surface area contributed by atoms with E-state index in [2.05, 4.69) is 144 Å². The molecule has 0 fully saturated rings. The molecule has 0 atom stereocenters. The number of rotatable bonds is 0. The van der Waals surface area contributed by atoms with E-state index in [1.165, 1.54) is 0 Å². The minimum atomic E-state index is 0.580. The van der Waals surface area contributed by atoms with E-state index >= 15 is 0 Å². The van der Waals surface area contributed by atoms with Crippen LogP contribution in [0.25, 0.3) is 122 Å². The Kier molecular flexibility index (Phi) is 5.74. The van der Waals surface area contributed by atoms with Gasteiger partial charge in [-0.15, -0.1) is 0 Å². The highest BCUT2D eigenvalue weighted by Crippen LogP contribution is 2.46. The van der Waals surface area contributed by atoms with Crippen LogP contribution in [0.5, 0.6) is 0 Å². The van der Waals surface area contributed by atoms with Gasteiger partial charge in [0, 0.05) is 61.1 Å². The predicted octanol–water partition coefficient (Wildman–Crippen LogP) is 11.6. The van der Waals surface area contributed by atoms with Crippen LogP contribution in [0.3, 0.4) is 0 Å². The molecule has 0 spiro atoms. The van der Waals surface area contributed by atoms with E-state index in [0.29, 0.717) is 40.4 Å². The molecule has 8 nitrogen and oxygen atoms in total. The van der Waals surface area contributed by atoms with Gasteiger partial charge in [-0.25, -0.2) is 29.9 Å². The second-order valence-electron chi connectivity index (χ2n) is 14.6. The quantitative estimate of drug-likeness (QED) is 0.161. The standard InChI is InChI=1S/C48H26N8/c1-2-13-29-22-39-41(32(29)15-3-1)48-49-24-31-23-33-30-14-8-16-40(33)50-42(34(31)21-30)51-43-35-17-25-9-4-5-10-26(25)18-36(35)44(52-43)53-45-37-19-27-11-6-7-12-28(27)20-38(37)46(54-45)55-47(39)56-48/h1-24H,(H2,49,50,51,52,53,54,55,56). The summed E-state index contributed by atoms with van der Waals surface area (Å²) in [6.45, 7) is 0. The number of aromatic amines is 1. The molecule has 0 saturated carbocycles. The molecule has 2 N–H and O–H groups in total. The van der Waals surface area contributed by atoms with Gasteiger partial charge in [0.2, 0.25) is 0 Å². The summed E-state index contributed by atoms with van der Waals surface area (Å²) in [4.78, 5) is 35.1. The van der Waals surface area contributed by atoms with Gasteiger partial charge < -0.3 is 10.3 Å². The van der Waals surface area contributed by atoms with Gasteiger partial charge in [0.05, 0.1) is 0 Å². The lowest BCUT2D eigenvalue weighted by molar-refractivity contribution is 1.20. The Labute approximate surface area is 318 Å². The van der Waals surface area contributed by atoms with Crippen molar-refractivity contribution in [2.45, 2.75) is 0 Å². The van der Waals surface area contributed by atoms with Gasteiger partial charge in [-0.3, -0.25) is 0 Å². The molecule has 6 heterocycles. The van der Waals surface area contributed by atoms with E-state index in [9.17, 15) is 0 Å². The first-order chi connectivity index (χ1) is 27.7. The van der Waals surface area contributed by atoms with Gasteiger partial charge >= 0.3 is 0 Å². The summed E-state index contributed by atoms with van der Waals surface area (Å²) in [6, 6.07) is 48.7. The van der Waals surface area contributed by atoms with E-state index in [-0.39, 0.29) is 0 Å². The molecule has 0 saturated heterocycles. The maximum absolute atomic E-state index is 5.34. The van der Waals surface area contributed by atoms with Gasteiger partial charge in [0.15, 0.2) is 23.3 Å². The average Bonchev–Trinajstić information content (AvgIpc) is 3.85. The third-order valence-corrected chi connectivity index (χ3v) is 11.3. The van der Waals surface area contributed by atoms with E-state index < -0.39 is 0 Å². The number of benzene rings is 6. The number of H-pyrrole nitrogens is 1. The highest BCUT2D eigenvalue weighted by Gasteiger charge is 2.27. The molecular formula is C48H26N8. The third-order valence-electron chi connectivity index (χ3n) is 11.3. The zero-order chi connectivity index (χ0) is 36.5. The van der Waals surface area contributed by atoms with Crippen molar-refractivity contribution in [3.8, 4) is 56.7 Å². The van der Waals surface area contributed by atoms with Crippen molar-refractivity contribution >= 4 is 76.7 Å². The van der Waals surface area contributed by atoms with Gasteiger partial charge in [0.1, 0.15) is 17.1 Å². The number of fused-ring (bicyclic) bond motifs is 19. The minimum absolute atomic E-state index is 0.580. The van der Waals surface area contributed by atoms with Crippen molar-refractivity contribution in [2.24, 2.45) is 0 Å². The van der Waals surface area contributed by atoms with Crippen LogP contribution in [0, 0.1) is 0 Å². The predicted molar refractivity (Wildman–Crippen MR) is 225 cm³/mol. The Hall–Kier alpha value is -7.84. The Morgan fingerprint density at radius 2 is 0.964 bits per heavy atom. The third kappa shape index (κ3) is 4.23. The molecule has 0 unspecified atom stereocenters. The van der Waals surface area contributed by atoms with E-state index in [4.69, 9.17) is 29.9 Å². The molecule has 8 heteroatoms. The molecule has 2 aromatic heterocycles. The Morgan fingerprint density at radius 1 is 0.375 bits per heavy atom. The zero-order valence-corrected chi connectivity index (χ0v) is 29.5. The number of anilines is 2. The number of nitrogens with zero attached hydrogens (tertiary/aromatic N) is 6. The highest BCUT2D eigenvalue weighted by atomic mass is 15.1.